The minimum Gasteiger partial charge on any atom is -0.373 e. The molecular weight excluding hydrogens is 362 g/mol. The van der Waals surface area contributed by atoms with Gasteiger partial charge < -0.3 is 15.5 Å². The van der Waals surface area contributed by atoms with Crippen molar-refractivity contribution in [1.29, 1.82) is 0 Å². The highest BCUT2D eigenvalue weighted by Gasteiger charge is 2.25. The van der Waals surface area contributed by atoms with Gasteiger partial charge in [-0.2, -0.15) is 0 Å². The highest BCUT2D eigenvalue weighted by molar-refractivity contribution is 6.33. The van der Waals surface area contributed by atoms with E-state index in [2.05, 4.69) is 15.5 Å². The van der Waals surface area contributed by atoms with E-state index in [9.17, 15) is 9.59 Å². The minimum absolute atomic E-state index is 0.0525. The molecule has 0 aromatic heterocycles. The third-order valence-corrected chi connectivity index (χ3v) is 4.63. The van der Waals surface area contributed by atoms with Crippen LogP contribution in [0.4, 0.5) is 5.69 Å². The molecule has 0 aliphatic heterocycles. The normalized spacial score (nSPS) is 11.7. The zero-order valence-electron chi connectivity index (χ0n) is 15.9. The van der Waals surface area contributed by atoms with Crippen molar-refractivity contribution in [2.24, 2.45) is 5.92 Å². The van der Waals surface area contributed by atoms with Crippen LogP contribution in [0.3, 0.4) is 0 Å². The van der Waals surface area contributed by atoms with Gasteiger partial charge in [-0.25, -0.2) is 0 Å². The van der Waals surface area contributed by atoms with Gasteiger partial charge in [-0.05, 0) is 30.2 Å². The van der Waals surface area contributed by atoms with E-state index in [4.69, 9.17) is 11.6 Å². The summed E-state index contributed by atoms with van der Waals surface area (Å²) in [4.78, 5) is 27.1. The molecule has 0 spiro atoms. The van der Waals surface area contributed by atoms with Crippen LogP contribution in [0.2, 0.25) is 5.02 Å². The zero-order chi connectivity index (χ0) is 19.8. The molecule has 0 heterocycles. The lowest BCUT2D eigenvalue weighted by Crippen LogP contribution is -2.50. The number of benzene rings is 2. The fourth-order valence-corrected chi connectivity index (χ4v) is 2.89. The lowest BCUT2D eigenvalue weighted by Gasteiger charge is -2.24. The number of para-hydroxylation sites is 1. The Morgan fingerprint density at radius 1 is 1.04 bits per heavy atom. The highest BCUT2D eigenvalue weighted by Crippen LogP contribution is 2.15. The Hall–Kier alpha value is -2.53. The first kappa shape index (κ1) is 20.8. The van der Waals surface area contributed by atoms with Gasteiger partial charge in [0.1, 0.15) is 6.04 Å². The van der Waals surface area contributed by atoms with Crippen LogP contribution in [-0.2, 0) is 4.79 Å². The molecule has 0 saturated heterocycles. The molecule has 0 fully saturated rings. The van der Waals surface area contributed by atoms with Crippen molar-refractivity contribution < 1.29 is 9.59 Å². The Bertz CT molecular complexity index is 765. The fourth-order valence-electron chi connectivity index (χ4n) is 2.67. The number of hydrogen-bond acceptors (Lipinski definition) is 3. The van der Waals surface area contributed by atoms with Crippen LogP contribution in [0.1, 0.15) is 24.2 Å². The van der Waals surface area contributed by atoms with Crippen molar-refractivity contribution in [3.8, 4) is 0 Å². The summed E-state index contributed by atoms with van der Waals surface area (Å²) in [6.45, 7) is 4.94. The van der Waals surface area contributed by atoms with Gasteiger partial charge in [-0.3, -0.25) is 9.59 Å². The number of hydrogen-bond donors (Lipinski definition) is 2. The van der Waals surface area contributed by atoms with E-state index in [1.807, 2.05) is 51.2 Å². The van der Waals surface area contributed by atoms with Crippen LogP contribution in [0.15, 0.2) is 54.6 Å². The zero-order valence-corrected chi connectivity index (χ0v) is 16.7. The first-order chi connectivity index (χ1) is 12.9. The topological polar surface area (TPSA) is 61.4 Å². The lowest BCUT2D eigenvalue weighted by atomic mass is 10.0. The third kappa shape index (κ3) is 6.00. The quantitative estimate of drug-likeness (QED) is 0.730. The molecular formula is C21H26ClN3O2. The van der Waals surface area contributed by atoms with Gasteiger partial charge in [0.2, 0.25) is 5.91 Å². The molecule has 2 rings (SSSR count). The van der Waals surface area contributed by atoms with Crippen molar-refractivity contribution in [1.82, 2.24) is 10.6 Å². The third-order valence-electron chi connectivity index (χ3n) is 4.30. The second-order valence-corrected chi connectivity index (χ2v) is 7.13. The molecule has 1 atom stereocenters. The standard InChI is InChI=1S/C21H26ClN3O2/c1-15(2)19(24-20(26)17-11-7-8-12-18(17)22)21(27)23-13-14-25(3)16-9-5-4-6-10-16/h4-12,15,19H,13-14H2,1-3H3,(H,23,27)(H,24,26). The maximum Gasteiger partial charge on any atom is 0.253 e. The molecule has 1 unspecified atom stereocenters. The summed E-state index contributed by atoms with van der Waals surface area (Å²) in [5, 5.41) is 6.07. The molecule has 2 amide bonds. The average Bonchev–Trinajstić information content (AvgIpc) is 2.66. The van der Waals surface area contributed by atoms with Crippen LogP contribution in [0, 0.1) is 5.92 Å². The summed E-state index contributed by atoms with van der Waals surface area (Å²) in [5.74, 6) is -0.606. The molecule has 5 nitrogen and oxygen atoms in total. The fraction of sp³-hybridized carbons (Fsp3) is 0.333. The van der Waals surface area contributed by atoms with Gasteiger partial charge in [0.05, 0.1) is 10.6 Å². The molecule has 0 radical (unpaired) electrons. The lowest BCUT2D eigenvalue weighted by molar-refractivity contribution is -0.123. The molecule has 2 aromatic rings. The Morgan fingerprint density at radius 2 is 1.67 bits per heavy atom. The summed E-state index contributed by atoms with van der Waals surface area (Å²) < 4.78 is 0. The second-order valence-electron chi connectivity index (χ2n) is 6.72. The van der Waals surface area contributed by atoms with E-state index >= 15 is 0 Å². The Labute approximate surface area is 165 Å². The number of amides is 2. The van der Waals surface area contributed by atoms with Crippen LogP contribution in [0.25, 0.3) is 0 Å². The van der Waals surface area contributed by atoms with E-state index < -0.39 is 6.04 Å². The maximum absolute atomic E-state index is 12.6. The van der Waals surface area contributed by atoms with Crippen LogP contribution >= 0.6 is 11.6 Å². The van der Waals surface area contributed by atoms with Gasteiger partial charge in [0.25, 0.3) is 5.91 Å². The number of carbonyl (C=O) groups excluding carboxylic acids is 2. The van der Waals surface area contributed by atoms with Crippen LogP contribution in [0.5, 0.6) is 0 Å². The van der Waals surface area contributed by atoms with Crippen molar-refractivity contribution in [3.63, 3.8) is 0 Å². The molecule has 0 aliphatic rings. The molecule has 6 heteroatoms. The SMILES string of the molecule is CC(C)C(NC(=O)c1ccccc1Cl)C(=O)NCCN(C)c1ccccc1. The molecule has 0 bridgehead atoms. The van der Waals surface area contributed by atoms with E-state index in [-0.39, 0.29) is 17.7 Å². The molecule has 2 aromatic carbocycles. The van der Waals surface area contributed by atoms with Gasteiger partial charge in [0.15, 0.2) is 0 Å². The number of likely N-dealkylation sites (N-methyl/N-ethyl adjacent to an activating group) is 1. The van der Waals surface area contributed by atoms with E-state index in [0.717, 1.165) is 5.69 Å². The average molecular weight is 388 g/mol. The minimum atomic E-state index is -0.629. The summed E-state index contributed by atoms with van der Waals surface area (Å²) in [7, 11) is 1.97. The largest absolute Gasteiger partial charge is 0.373 e. The van der Waals surface area contributed by atoms with E-state index in [1.165, 1.54) is 0 Å². The predicted octanol–water partition coefficient (Wildman–Crippen LogP) is 3.35. The van der Waals surface area contributed by atoms with Crippen molar-refractivity contribution in [2.45, 2.75) is 19.9 Å². The summed E-state index contributed by atoms with van der Waals surface area (Å²) in [6, 6.07) is 16.1. The van der Waals surface area contributed by atoms with E-state index in [0.29, 0.717) is 23.7 Å². The molecule has 0 saturated carbocycles. The summed E-state index contributed by atoms with van der Waals surface area (Å²) in [5.41, 5.74) is 1.45. The Balaban J connectivity index is 1.91. The molecule has 2 N–H and O–H groups in total. The van der Waals surface area contributed by atoms with Crippen LogP contribution in [-0.4, -0.2) is 38.0 Å². The number of nitrogens with zero attached hydrogens (tertiary/aromatic N) is 1. The second kappa shape index (κ2) is 9.97. The van der Waals surface area contributed by atoms with Crippen LogP contribution < -0.4 is 15.5 Å². The summed E-state index contributed by atoms with van der Waals surface area (Å²) in [6.07, 6.45) is 0. The Kier molecular flexibility index (Phi) is 7.67. The van der Waals surface area contributed by atoms with E-state index in [1.54, 1.807) is 24.3 Å². The van der Waals surface area contributed by atoms with Gasteiger partial charge in [-0.15, -0.1) is 0 Å². The van der Waals surface area contributed by atoms with Gasteiger partial charge in [-0.1, -0.05) is 55.8 Å². The molecule has 0 aliphatic carbocycles. The number of carbonyl (C=O) groups is 2. The monoisotopic (exact) mass is 387 g/mol. The smallest absolute Gasteiger partial charge is 0.253 e. The number of halogens is 1. The van der Waals surface area contributed by atoms with Crippen molar-refractivity contribution in [3.05, 3.63) is 65.2 Å². The summed E-state index contributed by atoms with van der Waals surface area (Å²) >= 11 is 6.07. The first-order valence-corrected chi connectivity index (χ1v) is 9.37. The maximum atomic E-state index is 12.6. The number of rotatable bonds is 8. The van der Waals surface area contributed by atoms with Crippen molar-refractivity contribution >= 4 is 29.1 Å². The molecule has 27 heavy (non-hydrogen) atoms. The van der Waals surface area contributed by atoms with Gasteiger partial charge in [0, 0.05) is 25.8 Å². The predicted molar refractivity (Wildman–Crippen MR) is 110 cm³/mol. The van der Waals surface area contributed by atoms with Gasteiger partial charge >= 0.3 is 0 Å². The highest BCUT2D eigenvalue weighted by atomic mass is 35.5. The molecule has 144 valence electrons. The Morgan fingerprint density at radius 3 is 2.30 bits per heavy atom. The number of nitrogens with one attached hydrogen (secondary N) is 2. The number of anilines is 1. The first-order valence-electron chi connectivity index (χ1n) is 8.99. The van der Waals surface area contributed by atoms with Crippen molar-refractivity contribution in [2.75, 3.05) is 25.0 Å².